The predicted molar refractivity (Wildman–Crippen MR) is 113 cm³/mol. The molecule has 2 rings (SSSR count). The molecule has 2 aromatic rings. The molecule has 0 atom stereocenters. The maximum Gasteiger partial charge on any atom is 0.161 e. The van der Waals surface area contributed by atoms with Crippen molar-refractivity contribution in [1.82, 2.24) is 0 Å². The smallest absolute Gasteiger partial charge is 0.161 e. The van der Waals surface area contributed by atoms with Gasteiger partial charge in [0.05, 0.1) is 24.8 Å². The van der Waals surface area contributed by atoms with Gasteiger partial charge in [-0.3, -0.25) is 0 Å². The summed E-state index contributed by atoms with van der Waals surface area (Å²) in [7, 11) is 0. The average molecular weight is 391 g/mol. The van der Waals surface area contributed by atoms with Crippen LogP contribution in [0.5, 0.6) is 17.2 Å². The molecule has 4 heteroatoms. The molecule has 0 unspecified atom stereocenters. The minimum atomic E-state index is 0.571. The zero-order chi connectivity index (χ0) is 19.3. The molecular weight excluding hydrogens is 360 g/mol. The first kappa shape index (κ1) is 21.4. The molecule has 0 aliphatic heterocycles. The van der Waals surface area contributed by atoms with Gasteiger partial charge in [0.2, 0.25) is 0 Å². The summed E-state index contributed by atoms with van der Waals surface area (Å²) in [5, 5.41) is 0.660. The number of para-hydroxylation sites is 2. The maximum absolute atomic E-state index is 6.35. The quantitative estimate of drug-likeness (QED) is 0.356. The van der Waals surface area contributed by atoms with E-state index >= 15 is 0 Å². The topological polar surface area (TPSA) is 27.7 Å². The Kier molecular flexibility index (Phi) is 9.93. The molecular formula is C23H31ClO3. The fourth-order valence-corrected chi connectivity index (χ4v) is 2.90. The highest BCUT2D eigenvalue weighted by atomic mass is 35.5. The molecule has 27 heavy (non-hydrogen) atoms. The van der Waals surface area contributed by atoms with Crippen LogP contribution >= 0.6 is 11.6 Å². The van der Waals surface area contributed by atoms with Crippen molar-refractivity contribution in [2.45, 2.75) is 52.4 Å². The lowest BCUT2D eigenvalue weighted by Crippen LogP contribution is -2.04. The van der Waals surface area contributed by atoms with Crippen molar-refractivity contribution >= 4 is 11.6 Å². The lowest BCUT2D eigenvalue weighted by molar-refractivity contribution is 0.266. The van der Waals surface area contributed by atoms with Crippen LogP contribution in [0.3, 0.4) is 0 Å². The maximum atomic E-state index is 6.35. The van der Waals surface area contributed by atoms with Gasteiger partial charge in [-0.15, -0.1) is 0 Å². The Bertz CT molecular complexity index is 672. The molecule has 0 bridgehead atoms. The summed E-state index contributed by atoms with van der Waals surface area (Å²) in [6, 6.07) is 13.8. The fraction of sp³-hybridized carbons (Fsp3) is 0.478. The van der Waals surface area contributed by atoms with Crippen LogP contribution in [0.4, 0.5) is 0 Å². The molecule has 0 spiro atoms. The van der Waals surface area contributed by atoms with Gasteiger partial charge < -0.3 is 14.2 Å². The summed E-state index contributed by atoms with van der Waals surface area (Å²) in [4.78, 5) is 0. The Morgan fingerprint density at radius 3 is 2.00 bits per heavy atom. The monoisotopic (exact) mass is 390 g/mol. The summed E-state index contributed by atoms with van der Waals surface area (Å²) in [6.45, 7) is 6.33. The molecule has 0 aromatic heterocycles. The zero-order valence-electron chi connectivity index (χ0n) is 16.5. The second kappa shape index (κ2) is 12.5. The first-order valence-corrected chi connectivity index (χ1v) is 10.4. The third kappa shape index (κ3) is 7.72. The van der Waals surface area contributed by atoms with Crippen molar-refractivity contribution in [1.29, 1.82) is 0 Å². The first-order valence-electron chi connectivity index (χ1n) is 10.0. The van der Waals surface area contributed by atoms with E-state index in [9.17, 15) is 0 Å². The molecule has 0 saturated carbocycles. The largest absolute Gasteiger partial charge is 0.492 e. The Balaban J connectivity index is 1.82. The highest BCUT2D eigenvalue weighted by Gasteiger charge is 2.06. The van der Waals surface area contributed by atoms with Crippen LogP contribution in [-0.2, 0) is 6.42 Å². The average Bonchev–Trinajstić information content (AvgIpc) is 2.68. The Morgan fingerprint density at radius 2 is 1.33 bits per heavy atom. The highest BCUT2D eigenvalue weighted by molar-refractivity contribution is 6.32. The summed E-state index contributed by atoms with van der Waals surface area (Å²) in [5.41, 5.74) is 1.13. The van der Waals surface area contributed by atoms with Crippen molar-refractivity contribution < 1.29 is 14.2 Å². The van der Waals surface area contributed by atoms with Crippen LogP contribution in [0.2, 0.25) is 5.02 Å². The van der Waals surface area contributed by atoms with Gasteiger partial charge in [0.1, 0.15) is 5.75 Å². The molecule has 0 fully saturated rings. The number of hydrogen-bond acceptors (Lipinski definition) is 3. The van der Waals surface area contributed by atoms with Crippen LogP contribution in [0, 0.1) is 0 Å². The van der Waals surface area contributed by atoms with Crippen LogP contribution < -0.4 is 14.2 Å². The van der Waals surface area contributed by atoms with E-state index in [4.69, 9.17) is 25.8 Å². The number of ether oxygens (including phenoxy) is 3. The highest BCUT2D eigenvalue weighted by Crippen LogP contribution is 2.28. The lowest BCUT2D eigenvalue weighted by Gasteiger charge is -2.13. The van der Waals surface area contributed by atoms with Gasteiger partial charge in [-0.2, -0.15) is 0 Å². The second-order valence-corrected chi connectivity index (χ2v) is 6.97. The van der Waals surface area contributed by atoms with E-state index in [1.165, 1.54) is 12.8 Å². The molecule has 0 amide bonds. The van der Waals surface area contributed by atoms with E-state index in [0.717, 1.165) is 48.5 Å². The predicted octanol–water partition coefficient (Wildman–Crippen LogP) is 6.71. The van der Waals surface area contributed by atoms with Crippen LogP contribution in [0.1, 0.15) is 51.5 Å². The molecule has 0 N–H and O–H groups in total. The van der Waals surface area contributed by atoms with E-state index in [1.54, 1.807) is 0 Å². The number of unbranched alkanes of at least 4 members (excludes halogenated alkanes) is 3. The van der Waals surface area contributed by atoms with E-state index < -0.39 is 0 Å². The molecule has 3 nitrogen and oxygen atoms in total. The van der Waals surface area contributed by atoms with Crippen molar-refractivity contribution in [2.75, 3.05) is 19.8 Å². The third-order valence-corrected chi connectivity index (χ3v) is 4.55. The van der Waals surface area contributed by atoms with E-state index in [2.05, 4.69) is 13.8 Å². The number of hydrogen-bond donors (Lipinski definition) is 0. The fourth-order valence-electron chi connectivity index (χ4n) is 2.65. The van der Waals surface area contributed by atoms with E-state index in [1.807, 2.05) is 42.5 Å². The molecule has 0 aliphatic rings. The Hall–Kier alpha value is -1.87. The number of benzene rings is 2. The summed E-state index contributed by atoms with van der Waals surface area (Å²) in [6.07, 6.45) is 6.35. The molecule has 0 saturated heterocycles. The van der Waals surface area contributed by atoms with Crippen LogP contribution in [0.25, 0.3) is 0 Å². The van der Waals surface area contributed by atoms with Gasteiger partial charge in [-0.05, 0) is 42.7 Å². The Labute approximate surface area is 168 Å². The van der Waals surface area contributed by atoms with Gasteiger partial charge in [-0.25, -0.2) is 0 Å². The van der Waals surface area contributed by atoms with Gasteiger partial charge >= 0.3 is 0 Å². The third-order valence-electron chi connectivity index (χ3n) is 4.25. The Morgan fingerprint density at radius 1 is 0.704 bits per heavy atom. The number of rotatable bonds is 13. The van der Waals surface area contributed by atoms with E-state index in [-0.39, 0.29) is 0 Å². The standard InChI is InChI=1S/C23H31ClO3/c1-3-5-9-16-25-21-13-12-19(18-20(21)24)14-17-27-23-11-8-7-10-22(23)26-15-6-4-2/h7-8,10-13,18H,3-6,9,14-17H2,1-2H3. The van der Waals surface area contributed by atoms with Crippen molar-refractivity contribution in [3.8, 4) is 17.2 Å². The summed E-state index contributed by atoms with van der Waals surface area (Å²) < 4.78 is 17.5. The summed E-state index contributed by atoms with van der Waals surface area (Å²) in [5.74, 6) is 2.35. The first-order chi connectivity index (χ1) is 13.2. The van der Waals surface area contributed by atoms with Gasteiger partial charge in [0.25, 0.3) is 0 Å². The van der Waals surface area contributed by atoms with Crippen LogP contribution in [0.15, 0.2) is 42.5 Å². The van der Waals surface area contributed by atoms with Gasteiger partial charge in [0, 0.05) is 6.42 Å². The number of halogens is 1. The van der Waals surface area contributed by atoms with Gasteiger partial charge in [-0.1, -0.05) is 62.9 Å². The molecule has 0 radical (unpaired) electrons. The second-order valence-electron chi connectivity index (χ2n) is 6.57. The molecule has 0 aliphatic carbocycles. The van der Waals surface area contributed by atoms with Crippen molar-refractivity contribution in [3.63, 3.8) is 0 Å². The lowest BCUT2D eigenvalue weighted by atomic mass is 10.1. The van der Waals surface area contributed by atoms with Gasteiger partial charge in [0.15, 0.2) is 11.5 Å². The SMILES string of the molecule is CCCCCOc1ccc(CCOc2ccccc2OCCCC)cc1Cl. The van der Waals surface area contributed by atoms with Crippen molar-refractivity contribution in [3.05, 3.63) is 53.1 Å². The zero-order valence-corrected chi connectivity index (χ0v) is 17.3. The minimum absolute atomic E-state index is 0.571. The van der Waals surface area contributed by atoms with Crippen molar-refractivity contribution in [2.24, 2.45) is 0 Å². The molecule has 2 aromatic carbocycles. The van der Waals surface area contributed by atoms with Crippen LogP contribution in [-0.4, -0.2) is 19.8 Å². The molecule has 0 heterocycles. The normalized spacial score (nSPS) is 10.6. The van der Waals surface area contributed by atoms with E-state index in [0.29, 0.717) is 24.8 Å². The minimum Gasteiger partial charge on any atom is -0.492 e. The summed E-state index contributed by atoms with van der Waals surface area (Å²) >= 11 is 6.35. The molecule has 148 valence electrons.